The van der Waals surface area contributed by atoms with Crippen molar-refractivity contribution in [1.29, 1.82) is 0 Å². The number of ether oxygens (including phenoxy) is 1. The van der Waals surface area contributed by atoms with Crippen LogP contribution in [-0.2, 0) is 6.42 Å². The van der Waals surface area contributed by atoms with Gasteiger partial charge in [0.25, 0.3) is 0 Å². The molecular weight excluding hydrogens is 350 g/mol. The van der Waals surface area contributed by atoms with Crippen LogP contribution in [0, 0.1) is 0 Å². The number of hydrogen-bond donors (Lipinski definition) is 1. The van der Waals surface area contributed by atoms with Gasteiger partial charge in [-0.2, -0.15) is 4.98 Å². The number of para-hydroxylation sites is 1. The van der Waals surface area contributed by atoms with Crippen LogP contribution in [0.5, 0.6) is 11.6 Å². The molecule has 0 unspecified atom stereocenters. The number of anilines is 3. The Balaban J connectivity index is 1.46. The summed E-state index contributed by atoms with van der Waals surface area (Å²) in [4.78, 5) is 13.2. The molecule has 6 nitrogen and oxygen atoms in total. The second kappa shape index (κ2) is 8.17. The molecule has 6 heteroatoms. The molecule has 0 saturated carbocycles. The molecule has 144 valence electrons. The molecule has 0 bridgehead atoms. The number of aromatic nitrogens is 2. The van der Waals surface area contributed by atoms with Gasteiger partial charge < -0.3 is 20.3 Å². The molecule has 4 rings (SSSR count). The van der Waals surface area contributed by atoms with Gasteiger partial charge in [0.2, 0.25) is 5.88 Å². The first-order valence-electron chi connectivity index (χ1n) is 9.67. The van der Waals surface area contributed by atoms with Crippen molar-refractivity contribution in [2.24, 2.45) is 0 Å². The number of nitrogen functional groups attached to an aromatic ring is 1. The summed E-state index contributed by atoms with van der Waals surface area (Å²) in [7, 11) is 0. The summed E-state index contributed by atoms with van der Waals surface area (Å²) < 4.78 is 5.92. The van der Waals surface area contributed by atoms with E-state index in [9.17, 15) is 0 Å². The number of nitrogens with zero attached hydrogens (tertiary/aromatic N) is 4. The Morgan fingerprint density at radius 1 is 0.893 bits per heavy atom. The van der Waals surface area contributed by atoms with Crippen molar-refractivity contribution in [2.75, 3.05) is 41.7 Å². The van der Waals surface area contributed by atoms with E-state index in [0.717, 1.165) is 44.2 Å². The highest BCUT2D eigenvalue weighted by Gasteiger charge is 2.22. The van der Waals surface area contributed by atoms with Crippen LogP contribution in [0.3, 0.4) is 0 Å². The predicted octanol–water partition coefficient (Wildman–Crippen LogP) is 3.74. The van der Waals surface area contributed by atoms with Crippen LogP contribution < -0.4 is 20.3 Å². The maximum Gasteiger partial charge on any atom is 0.248 e. The Morgan fingerprint density at radius 2 is 1.57 bits per heavy atom. The fourth-order valence-corrected chi connectivity index (χ4v) is 3.42. The van der Waals surface area contributed by atoms with E-state index in [2.05, 4.69) is 63.1 Å². The van der Waals surface area contributed by atoms with Crippen molar-refractivity contribution in [3.8, 4) is 11.6 Å². The van der Waals surface area contributed by atoms with Crippen molar-refractivity contribution in [3.05, 3.63) is 66.5 Å². The Hall–Kier alpha value is -3.28. The molecule has 1 aromatic heterocycles. The number of hydrogen-bond acceptors (Lipinski definition) is 6. The average Bonchev–Trinajstić information content (AvgIpc) is 2.76. The van der Waals surface area contributed by atoms with Gasteiger partial charge in [-0.05, 0) is 36.2 Å². The summed E-state index contributed by atoms with van der Waals surface area (Å²) in [6, 6.07) is 18.5. The third-order valence-electron chi connectivity index (χ3n) is 5.07. The minimum atomic E-state index is 0.403. The Morgan fingerprint density at radius 3 is 2.25 bits per heavy atom. The second-order valence-corrected chi connectivity index (χ2v) is 6.83. The summed E-state index contributed by atoms with van der Waals surface area (Å²) >= 11 is 0. The molecule has 0 spiro atoms. The summed E-state index contributed by atoms with van der Waals surface area (Å²) in [5.74, 6) is 1.87. The van der Waals surface area contributed by atoms with Crippen molar-refractivity contribution >= 4 is 17.2 Å². The lowest BCUT2D eigenvalue weighted by molar-refractivity contribution is 0.463. The quantitative estimate of drug-likeness (QED) is 0.733. The molecule has 1 fully saturated rings. The topological polar surface area (TPSA) is 67.5 Å². The normalized spacial score (nSPS) is 14.2. The highest BCUT2D eigenvalue weighted by Crippen LogP contribution is 2.32. The first kappa shape index (κ1) is 18.1. The van der Waals surface area contributed by atoms with E-state index in [-0.39, 0.29) is 0 Å². The Labute approximate surface area is 165 Å². The van der Waals surface area contributed by atoms with Crippen LogP contribution in [0.4, 0.5) is 17.2 Å². The standard InChI is InChI=1S/C22H25N5O/c1-2-17-8-10-19(11-9-17)28-22-20(23)21(24-16-25-22)27-14-12-26(13-15-27)18-6-4-3-5-7-18/h3-11,16H,2,12-15,23H2,1H3. The van der Waals surface area contributed by atoms with E-state index in [1.54, 1.807) is 0 Å². The van der Waals surface area contributed by atoms with Gasteiger partial charge in [0.1, 0.15) is 17.8 Å². The molecule has 1 aliphatic rings. The molecule has 2 N–H and O–H groups in total. The lowest BCUT2D eigenvalue weighted by Gasteiger charge is -2.37. The van der Waals surface area contributed by atoms with Gasteiger partial charge in [0, 0.05) is 31.9 Å². The zero-order valence-electron chi connectivity index (χ0n) is 16.1. The number of benzene rings is 2. The van der Waals surface area contributed by atoms with Gasteiger partial charge in [-0.1, -0.05) is 37.3 Å². The van der Waals surface area contributed by atoms with Crippen LogP contribution in [0.1, 0.15) is 12.5 Å². The summed E-state index contributed by atoms with van der Waals surface area (Å²) in [6.45, 7) is 5.66. The van der Waals surface area contributed by atoms with Gasteiger partial charge >= 0.3 is 0 Å². The summed E-state index contributed by atoms with van der Waals surface area (Å²) in [5.41, 5.74) is 9.35. The van der Waals surface area contributed by atoms with Gasteiger partial charge in [0.15, 0.2) is 5.82 Å². The lowest BCUT2D eigenvalue weighted by Crippen LogP contribution is -2.47. The molecule has 0 aliphatic carbocycles. The van der Waals surface area contributed by atoms with Crippen molar-refractivity contribution in [1.82, 2.24) is 9.97 Å². The fraction of sp³-hybridized carbons (Fsp3) is 0.273. The zero-order valence-corrected chi connectivity index (χ0v) is 16.1. The van der Waals surface area contributed by atoms with E-state index < -0.39 is 0 Å². The van der Waals surface area contributed by atoms with Crippen LogP contribution in [-0.4, -0.2) is 36.1 Å². The molecule has 28 heavy (non-hydrogen) atoms. The summed E-state index contributed by atoms with van der Waals surface area (Å²) in [5, 5.41) is 0. The monoisotopic (exact) mass is 375 g/mol. The Kier molecular flexibility index (Phi) is 5.28. The second-order valence-electron chi connectivity index (χ2n) is 6.83. The number of piperazine rings is 1. The number of rotatable bonds is 5. The van der Waals surface area contributed by atoms with Gasteiger partial charge in [0.05, 0.1) is 0 Å². The van der Waals surface area contributed by atoms with Gasteiger partial charge in [-0.15, -0.1) is 0 Å². The highest BCUT2D eigenvalue weighted by atomic mass is 16.5. The first-order valence-corrected chi connectivity index (χ1v) is 9.67. The molecule has 2 heterocycles. The van der Waals surface area contributed by atoms with Crippen molar-refractivity contribution < 1.29 is 4.74 Å². The third-order valence-corrected chi connectivity index (χ3v) is 5.07. The molecule has 2 aromatic carbocycles. The zero-order chi connectivity index (χ0) is 19.3. The van der Waals surface area contributed by atoms with Crippen LogP contribution >= 0.6 is 0 Å². The van der Waals surface area contributed by atoms with E-state index >= 15 is 0 Å². The molecule has 1 aliphatic heterocycles. The number of aryl methyl sites for hydroxylation is 1. The molecule has 1 saturated heterocycles. The van der Waals surface area contributed by atoms with Crippen molar-refractivity contribution in [2.45, 2.75) is 13.3 Å². The first-order chi connectivity index (χ1) is 13.7. The minimum absolute atomic E-state index is 0.403. The van der Waals surface area contributed by atoms with Gasteiger partial charge in [-0.3, -0.25) is 0 Å². The molecule has 3 aromatic rings. The minimum Gasteiger partial charge on any atom is -0.437 e. The van der Waals surface area contributed by atoms with E-state index in [1.165, 1.54) is 17.6 Å². The van der Waals surface area contributed by atoms with Crippen LogP contribution in [0.25, 0.3) is 0 Å². The van der Waals surface area contributed by atoms with E-state index in [4.69, 9.17) is 10.5 Å². The maximum absolute atomic E-state index is 6.36. The average molecular weight is 375 g/mol. The Bertz CT molecular complexity index is 906. The maximum atomic E-state index is 6.36. The van der Waals surface area contributed by atoms with E-state index in [1.807, 2.05) is 18.2 Å². The molecule has 0 amide bonds. The fourth-order valence-electron chi connectivity index (χ4n) is 3.42. The van der Waals surface area contributed by atoms with Crippen molar-refractivity contribution in [3.63, 3.8) is 0 Å². The molecule has 0 radical (unpaired) electrons. The predicted molar refractivity (Wildman–Crippen MR) is 113 cm³/mol. The largest absolute Gasteiger partial charge is 0.437 e. The van der Waals surface area contributed by atoms with E-state index in [0.29, 0.717) is 11.6 Å². The molecular formula is C22H25N5O. The van der Waals surface area contributed by atoms with Gasteiger partial charge in [-0.25, -0.2) is 4.98 Å². The highest BCUT2D eigenvalue weighted by molar-refractivity contribution is 5.68. The summed E-state index contributed by atoms with van der Waals surface area (Å²) in [6.07, 6.45) is 2.51. The third kappa shape index (κ3) is 3.86. The SMILES string of the molecule is CCc1ccc(Oc2ncnc(N3CCN(c4ccccc4)CC3)c2N)cc1. The smallest absolute Gasteiger partial charge is 0.248 e. The van der Waals surface area contributed by atoms with Crippen LogP contribution in [0.15, 0.2) is 60.9 Å². The lowest BCUT2D eigenvalue weighted by atomic mass is 10.2. The van der Waals surface area contributed by atoms with Crippen LogP contribution in [0.2, 0.25) is 0 Å². The molecule has 0 atom stereocenters. The number of nitrogens with two attached hydrogens (primary N) is 1.